The molecule has 2 aliphatic rings. The Hall–Kier alpha value is -4.39. The second-order valence-electron chi connectivity index (χ2n) is 8.84. The maximum atomic E-state index is 12.7. The van der Waals surface area contributed by atoms with Gasteiger partial charge in [-0.15, -0.1) is 0 Å². The van der Waals surface area contributed by atoms with Crippen LogP contribution in [-0.4, -0.2) is 44.3 Å². The van der Waals surface area contributed by atoms with Crippen molar-refractivity contribution in [3.8, 4) is 16.9 Å². The molecule has 0 spiro atoms. The van der Waals surface area contributed by atoms with Gasteiger partial charge in [-0.3, -0.25) is 14.6 Å². The lowest BCUT2D eigenvalue weighted by Gasteiger charge is -2.31. The molecule has 2 heterocycles. The molecule has 7 nitrogen and oxygen atoms in total. The molecule has 2 amide bonds. The van der Waals surface area contributed by atoms with Gasteiger partial charge in [0.25, 0.3) is 5.91 Å². The number of nitrogens with one attached hydrogen (secondary N) is 1. The lowest BCUT2D eigenvalue weighted by Crippen LogP contribution is -2.32. The fourth-order valence-electron chi connectivity index (χ4n) is 4.50. The molecule has 3 N–H and O–H groups in total. The molecule has 2 aliphatic heterocycles. The van der Waals surface area contributed by atoms with Crippen molar-refractivity contribution in [3.05, 3.63) is 95.1 Å². The van der Waals surface area contributed by atoms with Crippen LogP contribution in [0.25, 0.3) is 11.1 Å². The van der Waals surface area contributed by atoms with Gasteiger partial charge in [-0.2, -0.15) is 0 Å². The molecule has 0 aliphatic carbocycles. The second-order valence-corrected chi connectivity index (χ2v) is 8.84. The van der Waals surface area contributed by atoms with Crippen molar-refractivity contribution in [1.29, 1.82) is 0 Å². The number of primary amides is 1. The minimum atomic E-state index is -0.437. The fraction of sp³-hybridized carbons (Fsp3) is 0.207. The first-order valence-corrected chi connectivity index (χ1v) is 12.1. The highest BCUT2D eigenvalue weighted by Crippen LogP contribution is 2.34. The normalized spacial score (nSPS) is 14.4. The minimum absolute atomic E-state index is 0.134. The molecule has 0 unspecified atom stereocenters. The summed E-state index contributed by atoms with van der Waals surface area (Å²) in [6.45, 7) is 3.27. The van der Waals surface area contributed by atoms with Gasteiger partial charge in [-0.1, -0.05) is 48.5 Å². The van der Waals surface area contributed by atoms with Crippen LogP contribution in [0, 0.1) is 0 Å². The summed E-state index contributed by atoms with van der Waals surface area (Å²) >= 11 is 0. The van der Waals surface area contributed by atoms with Crippen molar-refractivity contribution in [2.45, 2.75) is 13.0 Å². The number of nitrogens with zero attached hydrogens (tertiary/aromatic N) is 2. The molecule has 3 aromatic rings. The predicted molar refractivity (Wildman–Crippen MR) is 142 cm³/mol. The van der Waals surface area contributed by atoms with Crippen LogP contribution in [0.15, 0.2) is 83.4 Å². The van der Waals surface area contributed by atoms with Crippen LogP contribution in [0.1, 0.15) is 32.7 Å². The van der Waals surface area contributed by atoms with Gasteiger partial charge in [0, 0.05) is 37.0 Å². The molecular weight excluding hydrogens is 452 g/mol. The Morgan fingerprint density at radius 1 is 1.06 bits per heavy atom. The minimum Gasteiger partial charge on any atom is -0.490 e. The summed E-state index contributed by atoms with van der Waals surface area (Å²) in [5.74, 6) is 0.136. The highest BCUT2D eigenvalue weighted by Gasteiger charge is 2.20. The standard InChI is InChI=1S/C29H28N4O3/c30-28(34)25-6-2-1-5-24(25)22-9-7-20(8-10-22)19-33-14-15-36-27-16-23(11-12-26(27)33)29(35)32-18-21-4-3-13-31-17-21/h1-2,4-12,16-17H,3,13-15,18-19H2,(H2,30,34)(H,32,35). The number of rotatable bonds is 7. The number of hydrogen-bond donors (Lipinski definition) is 2. The summed E-state index contributed by atoms with van der Waals surface area (Å²) in [6.07, 6.45) is 4.83. The number of benzene rings is 3. The van der Waals surface area contributed by atoms with Crippen molar-refractivity contribution < 1.29 is 14.3 Å². The number of nitrogens with two attached hydrogens (primary N) is 1. The fourth-order valence-corrected chi connectivity index (χ4v) is 4.50. The zero-order valence-electron chi connectivity index (χ0n) is 19.9. The van der Waals surface area contributed by atoms with Crippen molar-refractivity contribution in [3.63, 3.8) is 0 Å². The van der Waals surface area contributed by atoms with Gasteiger partial charge in [-0.05, 0) is 52.9 Å². The number of amides is 2. The van der Waals surface area contributed by atoms with E-state index in [0.29, 0.717) is 36.6 Å². The molecule has 0 bridgehead atoms. The first-order valence-electron chi connectivity index (χ1n) is 12.1. The third-order valence-corrected chi connectivity index (χ3v) is 6.39. The van der Waals surface area contributed by atoms with E-state index in [4.69, 9.17) is 10.5 Å². The van der Waals surface area contributed by atoms with E-state index in [1.54, 1.807) is 6.07 Å². The van der Waals surface area contributed by atoms with Gasteiger partial charge in [0.05, 0.1) is 12.2 Å². The zero-order chi connectivity index (χ0) is 24.9. The Kier molecular flexibility index (Phi) is 6.80. The number of carbonyl (C=O) groups is 2. The van der Waals surface area contributed by atoms with Gasteiger partial charge in [-0.25, -0.2) is 0 Å². The number of fused-ring (bicyclic) bond motifs is 1. The number of aliphatic imine (C=N–C) groups is 1. The summed E-state index contributed by atoms with van der Waals surface area (Å²) in [4.78, 5) is 31.0. The second kappa shape index (κ2) is 10.5. The Bertz CT molecular complexity index is 1340. The molecule has 3 aromatic carbocycles. The van der Waals surface area contributed by atoms with Gasteiger partial charge in [0.2, 0.25) is 5.91 Å². The topological polar surface area (TPSA) is 97.0 Å². The van der Waals surface area contributed by atoms with E-state index in [-0.39, 0.29) is 5.91 Å². The van der Waals surface area contributed by atoms with Crippen LogP contribution < -0.4 is 20.7 Å². The van der Waals surface area contributed by atoms with Crippen molar-refractivity contribution in [2.24, 2.45) is 10.7 Å². The monoisotopic (exact) mass is 480 g/mol. The lowest BCUT2D eigenvalue weighted by molar-refractivity contribution is 0.0955. The average Bonchev–Trinajstić information content (AvgIpc) is 2.92. The van der Waals surface area contributed by atoms with Crippen molar-refractivity contribution in [1.82, 2.24) is 5.32 Å². The first-order chi connectivity index (χ1) is 17.6. The maximum absolute atomic E-state index is 12.7. The highest BCUT2D eigenvalue weighted by molar-refractivity contribution is 6.00. The van der Waals surface area contributed by atoms with Crippen LogP contribution in [0.4, 0.5) is 5.69 Å². The molecule has 0 saturated heterocycles. The molecule has 0 fully saturated rings. The summed E-state index contributed by atoms with van der Waals surface area (Å²) in [6, 6.07) is 21.1. The van der Waals surface area contributed by atoms with Crippen LogP contribution >= 0.6 is 0 Å². The molecule has 182 valence electrons. The van der Waals surface area contributed by atoms with Crippen LogP contribution in [0.2, 0.25) is 0 Å². The third kappa shape index (κ3) is 5.15. The number of hydrogen-bond acceptors (Lipinski definition) is 5. The predicted octanol–water partition coefficient (Wildman–Crippen LogP) is 3.98. The summed E-state index contributed by atoms with van der Waals surface area (Å²) in [5, 5.41) is 2.96. The number of dihydropyridines is 1. The summed E-state index contributed by atoms with van der Waals surface area (Å²) < 4.78 is 5.89. The smallest absolute Gasteiger partial charge is 0.251 e. The van der Waals surface area contributed by atoms with Gasteiger partial charge < -0.3 is 20.7 Å². The molecular formula is C29H28N4O3. The van der Waals surface area contributed by atoms with E-state index in [0.717, 1.165) is 47.5 Å². The van der Waals surface area contributed by atoms with E-state index in [2.05, 4.69) is 33.4 Å². The SMILES string of the molecule is NC(=O)c1ccccc1-c1ccc(CN2CCOc3cc(C(=O)NCC4=CCCN=C4)ccc32)cc1. The summed E-state index contributed by atoms with van der Waals surface area (Å²) in [7, 11) is 0. The van der Waals surface area contributed by atoms with Gasteiger partial charge in [0.15, 0.2) is 0 Å². The van der Waals surface area contributed by atoms with Crippen LogP contribution in [0.3, 0.4) is 0 Å². The van der Waals surface area contributed by atoms with E-state index in [9.17, 15) is 9.59 Å². The van der Waals surface area contributed by atoms with E-state index in [1.165, 1.54) is 0 Å². The molecule has 0 saturated carbocycles. The largest absolute Gasteiger partial charge is 0.490 e. The third-order valence-electron chi connectivity index (χ3n) is 6.39. The Labute approximate surface area is 210 Å². The molecule has 7 heteroatoms. The quantitative estimate of drug-likeness (QED) is 0.535. The zero-order valence-corrected chi connectivity index (χ0v) is 19.9. The first kappa shape index (κ1) is 23.4. The molecule has 5 rings (SSSR count). The van der Waals surface area contributed by atoms with Crippen LogP contribution in [0.5, 0.6) is 5.75 Å². The van der Waals surface area contributed by atoms with Crippen LogP contribution in [-0.2, 0) is 6.54 Å². The molecule has 36 heavy (non-hydrogen) atoms. The number of carbonyl (C=O) groups excluding carboxylic acids is 2. The van der Waals surface area contributed by atoms with Crippen molar-refractivity contribution >= 4 is 23.7 Å². The number of anilines is 1. The van der Waals surface area contributed by atoms with Gasteiger partial charge >= 0.3 is 0 Å². The maximum Gasteiger partial charge on any atom is 0.251 e. The molecule has 0 atom stereocenters. The highest BCUT2D eigenvalue weighted by atomic mass is 16.5. The Morgan fingerprint density at radius 3 is 2.67 bits per heavy atom. The van der Waals surface area contributed by atoms with E-state index >= 15 is 0 Å². The Morgan fingerprint density at radius 2 is 1.89 bits per heavy atom. The van der Waals surface area contributed by atoms with E-state index < -0.39 is 5.91 Å². The summed E-state index contributed by atoms with van der Waals surface area (Å²) in [5.41, 5.74) is 11.5. The molecule has 0 aromatic heterocycles. The molecule has 0 radical (unpaired) electrons. The Balaban J connectivity index is 1.27. The average molecular weight is 481 g/mol. The van der Waals surface area contributed by atoms with Gasteiger partial charge in [0.1, 0.15) is 12.4 Å². The van der Waals surface area contributed by atoms with Crippen molar-refractivity contribution in [2.75, 3.05) is 31.1 Å². The lowest BCUT2D eigenvalue weighted by atomic mass is 9.98. The van der Waals surface area contributed by atoms with E-state index in [1.807, 2.05) is 54.7 Å². The number of ether oxygens (including phenoxy) is 1.